The maximum Gasteiger partial charge on any atom is 1.00 e. The van der Waals surface area contributed by atoms with Gasteiger partial charge in [-0.2, -0.15) is 17.2 Å². The topological polar surface area (TPSA) is 18.5 Å². The van der Waals surface area contributed by atoms with Gasteiger partial charge in [-0.05, 0) is 24.0 Å². The van der Waals surface area contributed by atoms with Crippen LogP contribution in [0, 0.1) is 24.0 Å². The Balaban J connectivity index is 0.00000161. The van der Waals surface area contributed by atoms with Crippen molar-refractivity contribution in [2.75, 3.05) is 6.61 Å². The van der Waals surface area contributed by atoms with Crippen LogP contribution >= 0.6 is 0 Å². The van der Waals surface area contributed by atoms with Crippen molar-refractivity contribution in [1.82, 2.24) is 0 Å². The van der Waals surface area contributed by atoms with Gasteiger partial charge >= 0.3 is 58.2 Å². The minimum atomic E-state index is -0.900. The molecular formula is C16H19F2O2Rb. The van der Waals surface area contributed by atoms with Gasteiger partial charge in [0.25, 0.3) is 0 Å². The molecule has 0 bridgehead atoms. The van der Waals surface area contributed by atoms with E-state index in [4.69, 9.17) is 9.47 Å². The van der Waals surface area contributed by atoms with Crippen molar-refractivity contribution in [3.8, 4) is 5.75 Å². The summed E-state index contributed by atoms with van der Waals surface area (Å²) < 4.78 is 38.1. The van der Waals surface area contributed by atoms with Crippen molar-refractivity contribution < 1.29 is 76.4 Å². The number of rotatable bonds is 3. The molecule has 1 aromatic carbocycles. The van der Waals surface area contributed by atoms with Crippen LogP contribution < -0.4 is 62.9 Å². The Hall–Kier alpha value is 0.645. The summed E-state index contributed by atoms with van der Waals surface area (Å²) in [4.78, 5) is 0. The average molecular weight is 367 g/mol. The number of fused-ring (bicyclic) bond motifs is 1. The zero-order valence-corrected chi connectivity index (χ0v) is 17.3. The molecule has 1 saturated carbocycles. The Labute approximate surface area is 173 Å². The molecule has 0 amide bonds. The van der Waals surface area contributed by atoms with Gasteiger partial charge in [0.1, 0.15) is 0 Å². The van der Waals surface area contributed by atoms with Gasteiger partial charge in [-0.25, -0.2) is 4.39 Å². The third kappa shape index (κ3) is 4.57. The second-order valence-electron chi connectivity index (χ2n) is 5.58. The molecule has 1 heterocycles. The summed E-state index contributed by atoms with van der Waals surface area (Å²) in [6.07, 6.45) is 7.78. The molecule has 5 heteroatoms. The first-order valence-electron chi connectivity index (χ1n) is 7.31. The zero-order chi connectivity index (χ0) is 13.9. The predicted molar refractivity (Wildman–Crippen MR) is 71.3 cm³/mol. The van der Waals surface area contributed by atoms with Crippen molar-refractivity contribution in [3.63, 3.8) is 0 Å². The van der Waals surface area contributed by atoms with Crippen molar-refractivity contribution in [1.29, 1.82) is 0 Å². The zero-order valence-electron chi connectivity index (χ0n) is 12.4. The van der Waals surface area contributed by atoms with Gasteiger partial charge in [-0.3, -0.25) is 0 Å². The van der Waals surface area contributed by atoms with E-state index in [-0.39, 0.29) is 63.9 Å². The Kier molecular flexibility index (Phi) is 7.27. The fraction of sp³-hybridized carbons (Fsp3) is 0.562. The van der Waals surface area contributed by atoms with E-state index in [1.54, 1.807) is 6.07 Å². The SMILES string of the molecule is Fc1ccc2c(c1F)OC(OCC1CC[CH-]CC1)CC2.[Rb+]. The van der Waals surface area contributed by atoms with Gasteiger partial charge in [0.05, 0.1) is 6.61 Å². The Morgan fingerprint density at radius 2 is 1.95 bits per heavy atom. The fourth-order valence-corrected chi connectivity index (χ4v) is 2.88. The molecule has 1 fully saturated rings. The quantitative estimate of drug-likeness (QED) is 0.744. The van der Waals surface area contributed by atoms with Gasteiger partial charge in [0, 0.05) is 6.42 Å². The van der Waals surface area contributed by atoms with E-state index in [1.165, 1.54) is 0 Å². The van der Waals surface area contributed by atoms with Gasteiger partial charge in [0.2, 0.25) is 5.82 Å². The van der Waals surface area contributed by atoms with Crippen LogP contribution in [0.1, 0.15) is 37.7 Å². The van der Waals surface area contributed by atoms with Crippen LogP contribution in [-0.2, 0) is 11.2 Å². The predicted octanol–water partition coefficient (Wildman–Crippen LogP) is 1.03. The first-order chi connectivity index (χ1) is 9.74. The van der Waals surface area contributed by atoms with Crippen molar-refractivity contribution >= 4 is 0 Å². The van der Waals surface area contributed by atoms with E-state index in [0.717, 1.165) is 37.3 Å². The molecule has 1 unspecified atom stereocenters. The summed E-state index contributed by atoms with van der Waals surface area (Å²) in [5.41, 5.74) is 0.719. The summed E-state index contributed by atoms with van der Waals surface area (Å²) in [5.74, 6) is -1.18. The van der Waals surface area contributed by atoms with Crippen LogP contribution in [0.15, 0.2) is 12.1 Å². The molecule has 110 valence electrons. The standard InChI is InChI=1S/C16H19F2O2.Rb/c17-13-8-6-12-7-9-14(20-16(12)15(13)18)19-10-11-4-2-1-3-5-11;/h1,6,8,11,14H,2-5,7,9-10H2;/q-1;+1. The monoisotopic (exact) mass is 366 g/mol. The molecule has 1 aliphatic heterocycles. The van der Waals surface area contributed by atoms with Crippen molar-refractivity contribution in [3.05, 3.63) is 35.8 Å². The van der Waals surface area contributed by atoms with Gasteiger partial charge in [-0.15, -0.1) is 0 Å². The summed E-state index contributed by atoms with van der Waals surface area (Å²) >= 11 is 0. The minimum absolute atomic E-state index is 0. The number of halogens is 2. The van der Waals surface area contributed by atoms with Gasteiger partial charge < -0.3 is 15.9 Å². The first kappa shape index (κ1) is 18.0. The summed E-state index contributed by atoms with van der Waals surface area (Å²) in [6.45, 7) is 0.644. The molecule has 1 aliphatic carbocycles. The van der Waals surface area contributed by atoms with E-state index in [1.807, 2.05) is 0 Å². The molecule has 0 N–H and O–H groups in total. The average Bonchev–Trinajstić information content (AvgIpc) is 2.50. The maximum absolute atomic E-state index is 13.7. The molecule has 0 spiro atoms. The molecule has 0 saturated heterocycles. The minimum Gasteiger partial charge on any atom is -0.461 e. The molecule has 0 radical (unpaired) electrons. The van der Waals surface area contributed by atoms with E-state index in [9.17, 15) is 8.78 Å². The number of hydrogen-bond acceptors (Lipinski definition) is 2. The third-order valence-electron chi connectivity index (χ3n) is 4.11. The van der Waals surface area contributed by atoms with Crippen LogP contribution in [0.5, 0.6) is 5.75 Å². The van der Waals surface area contributed by atoms with Crippen LogP contribution in [0.3, 0.4) is 0 Å². The number of hydrogen-bond donors (Lipinski definition) is 0. The van der Waals surface area contributed by atoms with Crippen molar-refractivity contribution in [2.45, 2.75) is 44.8 Å². The van der Waals surface area contributed by atoms with Crippen LogP contribution in [0.4, 0.5) is 8.78 Å². The number of aryl methyl sites for hydroxylation is 1. The number of benzene rings is 1. The van der Waals surface area contributed by atoms with Crippen LogP contribution in [0.2, 0.25) is 0 Å². The summed E-state index contributed by atoms with van der Waals surface area (Å²) in [6, 6.07) is 2.73. The van der Waals surface area contributed by atoms with E-state index < -0.39 is 17.9 Å². The van der Waals surface area contributed by atoms with Gasteiger partial charge in [0.15, 0.2) is 17.9 Å². The van der Waals surface area contributed by atoms with E-state index >= 15 is 0 Å². The van der Waals surface area contributed by atoms with Crippen LogP contribution in [0.25, 0.3) is 0 Å². The second kappa shape index (κ2) is 8.48. The normalized spacial score (nSPS) is 22.1. The Morgan fingerprint density at radius 3 is 2.71 bits per heavy atom. The number of ether oxygens (including phenoxy) is 2. The molecular weight excluding hydrogens is 348 g/mol. The molecule has 1 aromatic rings. The molecule has 3 rings (SSSR count). The second-order valence-corrected chi connectivity index (χ2v) is 5.58. The summed E-state index contributed by atoms with van der Waals surface area (Å²) in [7, 11) is 0. The smallest absolute Gasteiger partial charge is 0.461 e. The van der Waals surface area contributed by atoms with E-state index in [2.05, 4.69) is 6.42 Å². The molecule has 21 heavy (non-hydrogen) atoms. The van der Waals surface area contributed by atoms with E-state index in [0.29, 0.717) is 25.4 Å². The molecule has 2 nitrogen and oxygen atoms in total. The van der Waals surface area contributed by atoms with Crippen LogP contribution in [-0.4, -0.2) is 12.9 Å². The first-order valence-corrected chi connectivity index (χ1v) is 7.31. The molecule has 2 aliphatic rings. The van der Waals surface area contributed by atoms with Gasteiger partial charge in [-0.1, -0.05) is 18.9 Å². The largest absolute Gasteiger partial charge is 1.00 e. The molecule has 0 aromatic heterocycles. The Bertz CT molecular complexity index is 476. The Morgan fingerprint density at radius 1 is 1.19 bits per heavy atom. The summed E-state index contributed by atoms with van der Waals surface area (Å²) in [5, 5.41) is 0. The van der Waals surface area contributed by atoms with Crippen molar-refractivity contribution in [2.24, 2.45) is 5.92 Å². The maximum atomic E-state index is 13.7. The fourth-order valence-electron chi connectivity index (χ4n) is 2.88. The third-order valence-corrected chi connectivity index (χ3v) is 4.11. The molecule has 1 atom stereocenters.